The van der Waals surface area contributed by atoms with E-state index in [-0.39, 0.29) is 17.4 Å². The Bertz CT molecular complexity index is 1490. The number of halogens is 2. The normalized spacial score (nSPS) is 11.0. The summed E-state index contributed by atoms with van der Waals surface area (Å²) in [6.07, 6.45) is 1.41. The van der Waals surface area contributed by atoms with Crippen molar-refractivity contribution in [1.29, 1.82) is 0 Å². The lowest BCUT2D eigenvalue weighted by Crippen LogP contribution is -2.20. The lowest BCUT2D eigenvalue weighted by molar-refractivity contribution is -0.118. The van der Waals surface area contributed by atoms with E-state index in [1.165, 1.54) is 18.0 Å². The average molecular weight is 771 g/mol. The number of nitrogens with one attached hydrogen (secondary N) is 1. The number of carbonyl (C=O) groups is 1. The molecule has 0 aliphatic rings. The van der Waals surface area contributed by atoms with Crippen LogP contribution >= 0.6 is 56.9 Å². The van der Waals surface area contributed by atoms with E-state index in [4.69, 9.17) is 14.2 Å². The summed E-state index contributed by atoms with van der Waals surface area (Å²) in [5, 5.41) is 23.5. The third-order valence-corrected chi connectivity index (χ3v) is 7.73. The maximum atomic E-state index is 12.6. The molecular weight excluding hydrogens is 748 g/mol. The second-order valence-corrected chi connectivity index (χ2v) is 11.1. The third-order valence-electron chi connectivity index (χ3n) is 5.35. The molecule has 10 nitrogen and oxygen atoms in total. The first-order valence-corrected chi connectivity index (χ1v) is 14.4. The average Bonchev–Trinajstić information content (AvgIpc) is 3.38. The summed E-state index contributed by atoms with van der Waals surface area (Å²) in [6.45, 7) is 0. The zero-order valence-electron chi connectivity index (χ0n) is 21.0. The van der Waals surface area contributed by atoms with E-state index >= 15 is 0 Å². The van der Waals surface area contributed by atoms with E-state index in [9.17, 15) is 9.90 Å². The van der Waals surface area contributed by atoms with Gasteiger partial charge in [-0.1, -0.05) is 30.0 Å². The van der Waals surface area contributed by atoms with Gasteiger partial charge in [-0.25, -0.2) is 5.43 Å². The van der Waals surface area contributed by atoms with E-state index in [1.54, 1.807) is 39.5 Å². The van der Waals surface area contributed by atoms with Crippen molar-refractivity contribution in [3.05, 3.63) is 67.3 Å². The number of aromatic hydroxyl groups is 1. The molecule has 0 bridgehead atoms. The van der Waals surface area contributed by atoms with Gasteiger partial charge < -0.3 is 19.3 Å². The summed E-state index contributed by atoms with van der Waals surface area (Å²) >= 11 is 5.41. The standard InChI is InChI=1S/C26H23I2N5O5S/c1-36-20-10-15(11-21(37-2)24(20)38-3)25-31-32-26(33(25)18-7-5-4-6-8-18)39-14-22(34)30-29-13-16-9-17(27)12-19(28)23(16)35/h4-13,35H,14H2,1-3H3,(H,30,34)/b29-13+. The lowest BCUT2D eigenvalue weighted by Gasteiger charge is -2.15. The van der Waals surface area contributed by atoms with Crippen molar-refractivity contribution in [2.45, 2.75) is 5.16 Å². The Morgan fingerprint density at radius 3 is 2.38 bits per heavy atom. The Morgan fingerprint density at radius 2 is 1.74 bits per heavy atom. The summed E-state index contributed by atoms with van der Waals surface area (Å²) in [5.41, 5.74) is 4.51. The molecule has 0 aliphatic carbocycles. The number of hydrogen-bond donors (Lipinski definition) is 2. The van der Waals surface area contributed by atoms with E-state index in [1.807, 2.05) is 63.6 Å². The highest BCUT2D eigenvalue weighted by atomic mass is 127. The molecular formula is C26H23I2N5O5S. The molecule has 1 aromatic heterocycles. The predicted molar refractivity (Wildman–Crippen MR) is 166 cm³/mol. The summed E-state index contributed by atoms with van der Waals surface area (Å²) in [5.74, 6) is 1.77. The molecule has 4 rings (SSSR count). The molecule has 2 N–H and O–H groups in total. The molecule has 0 saturated heterocycles. The van der Waals surface area contributed by atoms with E-state index in [2.05, 4.69) is 43.3 Å². The van der Waals surface area contributed by atoms with Gasteiger partial charge in [-0.15, -0.1) is 10.2 Å². The van der Waals surface area contributed by atoms with Gasteiger partial charge in [-0.2, -0.15) is 5.10 Å². The van der Waals surface area contributed by atoms with Crippen molar-refractivity contribution in [2.75, 3.05) is 27.1 Å². The number of methoxy groups -OCH3 is 3. The molecule has 13 heteroatoms. The van der Waals surface area contributed by atoms with Gasteiger partial charge in [0.2, 0.25) is 5.75 Å². The van der Waals surface area contributed by atoms with Crippen LogP contribution in [0.15, 0.2) is 64.9 Å². The highest BCUT2D eigenvalue weighted by molar-refractivity contribution is 14.1. The van der Waals surface area contributed by atoms with Gasteiger partial charge in [0.05, 0.1) is 36.9 Å². The molecule has 202 valence electrons. The molecule has 0 aliphatic heterocycles. The number of thioether (sulfide) groups is 1. The Hall–Kier alpha value is -3.05. The highest BCUT2D eigenvalue weighted by Gasteiger charge is 2.21. The van der Waals surface area contributed by atoms with E-state index in [0.717, 1.165) is 9.26 Å². The number of phenols is 1. The first-order chi connectivity index (χ1) is 18.9. The molecule has 0 unspecified atom stereocenters. The van der Waals surface area contributed by atoms with E-state index < -0.39 is 0 Å². The lowest BCUT2D eigenvalue weighted by atomic mass is 10.1. The maximum Gasteiger partial charge on any atom is 0.250 e. The van der Waals surface area contributed by atoms with Gasteiger partial charge in [0.15, 0.2) is 22.5 Å². The van der Waals surface area contributed by atoms with Crippen molar-refractivity contribution in [3.63, 3.8) is 0 Å². The Labute approximate surface area is 256 Å². The molecule has 0 spiro atoms. The van der Waals surface area contributed by atoms with Gasteiger partial charge >= 0.3 is 0 Å². The zero-order chi connectivity index (χ0) is 27.9. The molecule has 0 saturated carbocycles. The largest absolute Gasteiger partial charge is 0.506 e. The van der Waals surface area contributed by atoms with Gasteiger partial charge in [-0.05, 0) is 81.6 Å². The van der Waals surface area contributed by atoms with Gasteiger partial charge in [-0.3, -0.25) is 9.36 Å². The number of hydrogen-bond acceptors (Lipinski definition) is 9. The molecule has 0 radical (unpaired) electrons. The molecule has 4 aromatic rings. The minimum absolute atomic E-state index is 0.0351. The fraction of sp³-hybridized carbons (Fsp3) is 0.154. The summed E-state index contributed by atoms with van der Waals surface area (Å²) in [7, 11) is 4.64. The Balaban J connectivity index is 1.59. The number of amides is 1. The van der Waals surface area contributed by atoms with Crippen molar-refractivity contribution >= 4 is 69.1 Å². The molecule has 39 heavy (non-hydrogen) atoms. The van der Waals surface area contributed by atoms with Crippen LogP contribution in [0.2, 0.25) is 0 Å². The molecule has 0 atom stereocenters. The Morgan fingerprint density at radius 1 is 1.05 bits per heavy atom. The van der Waals surface area contributed by atoms with Gasteiger partial charge in [0.1, 0.15) is 5.75 Å². The number of nitrogens with zero attached hydrogens (tertiary/aromatic N) is 4. The Kier molecular flexibility index (Phi) is 9.90. The summed E-state index contributed by atoms with van der Waals surface area (Å²) in [6, 6.07) is 16.8. The maximum absolute atomic E-state index is 12.6. The van der Waals surface area contributed by atoms with Crippen LogP contribution in [0, 0.1) is 7.14 Å². The van der Waals surface area contributed by atoms with Crippen molar-refractivity contribution in [3.8, 4) is 40.1 Å². The number of phenolic OH excluding ortho intramolecular Hbond substituents is 1. The topological polar surface area (TPSA) is 120 Å². The number of rotatable bonds is 10. The van der Waals surface area contributed by atoms with Crippen molar-refractivity contribution < 1.29 is 24.1 Å². The monoisotopic (exact) mass is 771 g/mol. The third kappa shape index (κ3) is 6.75. The zero-order valence-corrected chi connectivity index (χ0v) is 26.1. The number of hydrazone groups is 1. The van der Waals surface area contributed by atoms with Crippen molar-refractivity contribution in [2.24, 2.45) is 5.10 Å². The quantitative estimate of drug-likeness (QED) is 0.0989. The van der Waals surface area contributed by atoms with Crippen molar-refractivity contribution in [1.82, 2.24) is 20.2 Å². The molecule has 1 amide bonds. The SMILES string of the molecule is COc1cc(-c2nnc(SCC(=O)N/N=C/c3cc(I)cc(I)c3O)n2-c2ccccc2)cc(OC)c1OC. The number of carbonyl (C=O) groups excluding carboxylic acids is 1. The van der Waals surface area contributed by atoms with Gasteiger partial charge in [0, 0.05) is 20.4 Å². The highest BCUT2D eigenvalue weighted by Crippen LogP contribution is 2.41. The first-order valence-electron chi connectivity index (χ1n) is 11.3. The van der Waals surface area contributed by atoms with Crippen LogP contribution < -0.4 is 19.6 Å². The fourth-order valence-electron chi connectivity index (χ4n) is 3.59. The van der Waals surface area contributed by atoms with Crippen LogP contribution in [-0.4, -0.2) is 59.1 Å². The van der Waals surface area contributed by atoms with Crippen LogP contribution in [0.25, 0.3) is 17.1 Å². The number of aromatic nitrogens is 3. The number of benzene rings is 3. The summed E-state index contributed by atoms with van der Waals surface area (Å²) in [4.78, 5) is 12.6. The molecule has 1 heterocycles. The molecule has 0 fully saturated rings. The number of para-hydroxylation sites is 1. The fourth-order valence-corrected chi connectivity index (χ4v) is 6.22. The van der Waals surface area contributed by atoms with Crippen LogP contribution in [0.5, 0.6) is 23.0 Å². The summed E-state index contributed by atoms with van der Waals surface area (Å²) < 4.78 is 20.0. The van der Waals surface area contributed by atoms with Crippen LogP contribution in [0.3, 0.4) is 0 Å². The first kappa shape index (κ1) is 28.9. The van der Waals surface area contributed by atoms with E-state index in [0.29, 0.717) is 42.9 Å². The minimum atomic E-state index is -0.340. The predicted octanol–water partition coefficient (Wildman–Crippen LogP) is 5.12. The number of ether oxygens (including phenoxy) is 3. The smallest absolute Gasteiger partial charge is 0.250 e. The van der Waals surface area contributed by atoms with Gasteiger partial charge in [0.25, 0.3) is 5.91 Å². The van der Waals surface area contributed by atoms with Crippen LogP contribution in [0.1, 0.15) is 5.56 Å². The molecule has 3 aromatic carbocycles. The van der Waals surface area contributed by atoms with Crippen LogP contribution in [0.4, 0.5) is 0 Å². The minimum Gasteiger partial charge on any atom is -0.506 e. The van der Waals surface area contributed by atoms with Crippen LogP contribution in [-0.2, 0) is 4.79 Å². The second-order valence-electron chi connectivity index (χ2n) is 7.80. The second kappa shape index (κ2) is 13.3.